The van der Waals surface area contributed by atoms with Crippen LogP contribution in [0.2, 0.25) is 0 Å². The Bertz CT molecular complexity index is 400. The molecule has 2 heterocycles. The van der Waals surface area contributed by atoms with Gasteiger partial charge in [-0.3, -0.25) is 4.79 Å². The fourth-order valence-electron chi connectivity index (χ4n) is 2.05. The minimum atomic E-state index is -0.0912. The summed E-state index contributed by atoms with van der Waals surface area (Å²) in [7, 11) is 0. The molecule has 1 aliphatic heterocycles. The average Bonchev–Trinajstić information content (AvgIpc) is 2.98. The van der Waals surface area contributed by atoms with E-state index < -0.39 is 0 Å². The fraction of sp³-hybridized carbons (Fsp3) is 0.727. The number of amides is 1. The molecule has 2 rings (SSSR count). The summed E-state index contributed by atoms with van der Waals surface area (Å²) < 4.78 is 7.01. The summed E-state index contributed by atoms with van der Waals surface area (Å²) in [5.41, 5.74) is 6.10. The maximum absolute atomic E-state index is 11.8. The van der Waals surface area contributed by atoms with Crippen LogP contribution in [0.25, 0.3) is 0 Å². The Hall–Kier alpha value is -1.47. The molecule has 0 spiro atoms. The number of rotatable bonds is 5. The Labute approximate surface area is 106 Å². The minimum Gasteiger partial charge on any atom is -0.376 e. The summed E-state index contributed by atoms with van der Waals surface area (Å²) >= 11 is 0. The topological polar surface area (TPSA) is 95.1 Å². The van der Waals surface area contributed by atoms with E-state index in [0.717, 1.165) is 19.4 Å². The lowest BCUT2D eigenvalue weighted by Crippen LogP contribution is -2.42. The van der Waals surface area contributed by atoms with Crippen LogP contribution in [0.1, 0.15) is 25.5 Å². The van der Waals surface area contributed by atoms with Crippen LogP contribution in [0.15, 0.2) is 6.20 Å². The average molecular weight is 253 g/mol. The zero-order valence-corrected chi connectivity index (χ0v) is 10.5. The Morgan fingerprint density at radius 2 is 2.61 bits per heavy atom. The molecule has 1 amide bonds. The molecule has 1 aromatic rings. The number of aromatic nitrogens is 3. The Balaban J connectivity index is 1.80. The Morgan fingerprint density at radius 3 is 3.22 bits per heavy atom. The van der Waals surface area contributed by atoms with Gasteiger partial charge in [-0.25, -0.2) is 4.68 Å². The van der Waals surface area contributed by atoms with E-state index in [1.54, 1.807) is 6.20 Å². The lowest BCUT2D eigenvalue weighted by Gasteiger charge is -2.19. The summed E-state index contributed by atoms with van der Waals surface area (Å²) in [5.74, 6) is -0.0912. The van der Waals surface area contributed by atoms with E-state index in [4.69, 9.17) is 10.5 Å². The second-order valence-electron chi connectivity index (χ2n) is 4.52. The molecular weight excluding hydrogens is 234 g/mol. The number of carbonyl (C=O) groups is 1. The van der Waals surface area contributed by atoms with Crippen molar-refractivity contribution >= 4 is 5.91 Å². The van der Waals surface area contributed by atoms with E-state index in [2.05, 4.69) is 15.6 Å². The molecule has 2 unspecified atom stereocenters. The van der Waals surface area contributed by atoms with Crippen LogP contribution in [0.3, 0.4) is 0 Å². The van der Waals surface area contributed by atoms with Gasteiger partial charge in [0.1, 0.15) is 6.54 Å². The summed E-state index contributed by atoms with van der Waals surface area (Å²) in [5, 5.41) is 10.6. The van der Waals surface area contributed by atoms with Crippen molar-refractivity contribution in [3.8, 4) is 0 Å². The van der Waals surface area contributed by atoms with Crippen molar-refractivity contribution in [2.24, 2.45) is 5.73 Å². The molecule has 1 fully saturated rings. The van der Waals surface area contributed by atoms with Crippen molar-refractivity contribution < 1.29 is 9.53 Å². The second kappa shape index (κ2) is 5.92. The molecule has 1 saturated heterocycles. The maximum atomic E-state index is 11.8. The van der Waals surface area contributed by atoms with Gasteiger partial charge in [0.15, 0.2) is 0 Å². The first kappa shape index (κ1) is 13.0. The molecule has 7 nitrogen and oxygen atoms in total. The zero-order valence-electron chi connectivity index (χ0n) is 10.5. The van der Waals surface area contributed by atoms with Crippen LogP contribution < -0.4 is 11.1 Å². The van der Waals surface area contributed by atoms with Gasteiger partial charge in [0.05, 0.1) is 24.0 Å². The third-order valence-electron chi connectivity index (χ3n) is 3.01. The highest BCUT2D eigenvalue weighted by Gasteiger charge is 2.23. The van der Waals surface area contributed by atoms with Gasteiger partial charge in [0.2, 0.25) is 5.91 Å². The number of carbonyl (C=O) groups excluding carboxylic acids is 1. The van der Waals surface area contributed by atoms with Crippen molar-refractivity contribution in [2.45, 2.75) is 45.0 Å². The quantitative estimate of drug-likeness (QED) is 0.732. The third kappa shape index (κ3) is 3.27. The lowest BCUT2D eigenvalue weighted by molar-refractivity contribution is -0.123. The number of nitrogens with one attached hydrogen (secondary N) is 1. The molecule has 0 bridgehead atoms. The van der Waals surface area contributed by atoms with Gasteiger partial charge in [-0.05, 0) is 19.8 Å². The monoisotopic (exact) mass is 253 g/mol. The normalized spacial score (nSPS) is 20.9. The van der Waals surface area contributed by atoms with E-state index in [1.165, 1.54) is 4.68 Å². The van der Waals surface area contributed by atoms with Gasteiger partial charge < -0.3 is 15.8 Å². The molecule has 1 aromatic heterocycles. The third-order valence-corrected chi connectivity index (χ3v) is 3.01. The van der Waals surface area contributed by atoms with Gasteiger partial charge in [0, 0.05) is 13.2 Å². The van der Waals surface area contributed by atoms with Crippen molar-refractivity contribution in [3.63, 3.8) is 0 Å². The summed E-state index contributed by atoms with van der Waals surface area (Å²) in [6, 6.07) is 0.0255. The SMILES string of the molecule is CC(NC(=O)Cn1cc(CN)nn1)C1CCCO1. The molecule has 3 N–H and O–H groups in total. The predicted molar refractivity (Wildman–Crippen MR) is 64.5 cm³/mol. The van der Waals surface area contributed by atoms with E-state index >= 15 is 0 Å². The fourth-order valence-corrected chi connectivity index (χ4v) is 2.05. The number of hydrogen-bond donors (Lipinski definition) is 2. The molecule has 0 saturated carbocycles. The zero-order chi connectivity index (χ0) is 13.0. The van der Waals surface area contributed by atoms with Crippen LogP contribution in [0, 0.1) is 0 Å². The molecule has 0 aromatic carbocycles. The number of ether oxygens (including phenoxy) is 1. The number of nitrogens with two attached hydrogens (primary N) is 1. The van der Waals surface area contributed by atoms with Gasteiger partial charge >= 0.3 is 0 Å². The predicted octanol–water partition coefficient (Wildman–Crippen LogP) is -0.579. The van der Waals surface area contributed by atoms with Crippen molar-refractivity contribution in [2.75, 3.05) is 6.61 Å². The smallest absolute Gasteiger partial charge is 0.242 e. The highest BCUT2D eigenvalue weighted by molar-refractivity contribution is 5.75. The minimum absolute atomic E-state index is 0.0255. The van der Waals surface area contributed by atoms with Crippen LogP contribution >= 0.6 is 0 Å². The van der Waals surface area contributed by atoms with Crippen LogP contribution in [-0.2, 0) is 22.6 Å². The summed E-state index contributed by atoms with van der Waals surface area (Å²) in [6.45, 7) is 3.23. The van der Waals surface area contributed by atoms with Crippen molar-refractivity contribution in [1.29, 1.82) is 0 Å². The first-order valence-corrected chi connectivity index (χ1v) is 6.19. The molecule has 2 atom stereocenters. The Morgan fingerprint density at radius 1 is 1.78 bits per heavy atom. The van der Waals surface area contributed by atoms with Crippen LogP contribution in [0.4, 0.5) is 0 Å². The van der Waals surface area contributed by atoms with E-state index in [9.17, 15) is 4.79 Å². The van der Waals surface area contributed by atoms with Crippen molar-refractivity contribution in [1.82, 2.24) is 20.3 Å². The van der Waals surface area contributed by atoms with Crippen LogP contribution in [-0.4, -0.2) is 39.7 Å². The lowest BCUT2D eigenvalue weighted by atomic mass is 10.1. The number of hydrogen-bond acceptors (Lipinski definition) is 5. The van der Waals surface area contributed by atoms with E-state index in [0.29, 0.717) is 12.2 Å². The molecule has 100 valence electrons. The van der Waals surface area contributed by atoms with Crippen LogP contribution in [0.5, 0.6) is 0 Å². The molecule has 0 radical (unpaired) electrons. The standard InChI is InChI=1S/C11H19N5O2/c1-8(10-3-2-4-18-10)13-11(17)7-16-6-9(5-12)14-15-16/h6,8,10H,2-5,7,12H2,1H3,(H,13,17). The largest absolute Gasteiger partial charge is 0.376 e. The molecule has 18 heavy (non-hydrogen) atoms. The van der Waals surface area contributed by atoms with E-state index in [1.807, 2.05) is 6.92 Å². The molecule has 7 heteroatoms. The van der Waals surface area contributed by atoms with Gasteiger partial charge in [-0.1, -0.05) is 5.21 Å². The Kier molecular flexibility index (Phi) is 4.27. The number of nitrogens with zero attached hydrogens (tertiary/aromatic N) is 3. The van der Waals surface area contributed by atoms with Gasteiger partial charge in [-0.15, -0.1) is 5.10 Å². The maximum Gasteiger partial charge on any atom is 0.242 e. The first-order chi connectivity index (χ1) is 8.69. The molecule has 0 aliphatic carbocycles. The van der Waals surface area contributed by atoms with Crippen molar-refractivity contribution in [3.05, 3.63) is 11.9 Å². The molecule has 1 aliphatic rings. The van der Waals surface area contributed by atoms with Gasteiger partial charge in [0.25, 0.3) is 0 Å². The first-order valence-electron chi connectivity index (χ1n) is 6.19. The molecular formula is C11H19N5O2. The highest BCUT2D eigenvalue weighted by atomic mass is 16.5. The van der Waals surface area contributed by atoms with Gasteiger partial charge in [-0.2, -0.15) is 0 Å². The summed E-state index contributed by atoms with van der Waals surface area (Å²) in [4.78, 5) is 11.8. The highest BCUT2D eigenvalue weighted by Crippen LogP contribution is 2.15. The summed E-state index contributed by atoms with van der Waals surface area (Å²) in [6.07, 6.45) is 3.87. The second-order valence-corrected chi connectivity index (χ2v) is 4.52. The van der Waals surface area contributed by atoms with E-state index in [-0.39, 0.29) is 24.6 Å².